The highest BCUT2D eigenvalue weighted by Crippen LogP contribution is 2.40. The van der Waals surface area contributed by atoms with Gasteiger partial charge in [-0.25, -0.2) is 14.6 Å². The van der Waals surface area contributed by atoms with E-state index in [1.807, 2.05) is 20.8 Å². The number of aromatic carboxylic acids is 1. The number of aromatic nitrogens is 2. The Labute approximate surface area is 128 Å². The average molecular weight is 307 g/mol. The third kappa shape index (κ3) is 2.44. The molecule has 0 aromatic carbocycles. The Balaban J connectivity index is 1.93. The highest BCUT2D eigenvalue weighted by atomic mass is 16.6. The van der Waals surface area contributed by atoms with Gasteiger partial charge < -0.3 is 14.4 Å². The van der Waals surface area contributed by atoms with Crippen molar-refractivity contribution in [2.45, 2.75) is 64.3 Å². The van der Waals surface area contributed by atoms with Crippen LogP contribution < -0.4 is 0 Å². The molecule has 1 N–H and O–H groups in total. The minimum atomic E-state index is -0.977. The summed E-state index contributed by atoms with van der Waals surface area (Å²) in [7, 11) is 0. The summed E-state index contributed by atoms with van der Waals surface area (Å²) >= 11 is 0. The number of carboxylic acids is 1. The summed E-state index contributed by atoms with van der Waals surface area (Å²) in [6.45, 7) is 5.81. The van der Waals surface area contributed by atoms with Crippen LogP contribution >= 0.6 is 0 Å². The molecule has 0 spiro atoms. The van der Waals surface area contributed by atoms with Crippen LogP contribution in [-0.2, 0) is 11.3 Å². The molecule has 1 amide bonds. The van der Waals surface area contributed by atoms with E-state index < -0.39 is 11.6 Å². The van der Waals surface area contributed by atoms with Gasteiger partial charge >= 0.3 is 12.1 Å². The van der Waals surface area contributed by atoms with Crippen molar-refractivity contribution < 1.29 is 19.4 Å². The first-order valence-corrected chi connectivity index (χ1v) is 7.57. The number of imidazole rings is 1. The van der Waals surface area contributed by atoms with Gasteiger partial charge in [-0.15, -0.1) is 0 Å². The molecule has 1 fully saturated rings. The average Bonchev–Trinajstić information content (AvgIpc) is 3.01. The molecule has 1 saturated carbocycles. The highest BCUT2D eigenvalue weighted by molar-refractivity contribution is 5.85. The number of carboxylic acid groups (broad SMARTS) is 1. The molecule has 0 bridgehead atoms. The fraction of sp³-hybridized carbons (Fsp3) is 0.667. The maximum Gasteiger partial charge on any atom is 0.411 e. The van der Waals surface area contributed by atoms with Gasteiger partial charge in [0, 0.05) is 0 Å². The van der Waals surface area contributed by atoms with E-state index in [9.17, 15) is 14.7 Å². The Hall–Kier alpha value is -2.05. The van der Waals surface area contributed by atoms with Gasteiger partial charge in [-0.05, 0) is 40.0 Å². The molecule has 3 rings (SSSR count). The highest BCUT2D eigenvalue weighted by Gasteiger charge is 2.43. The molecule has 0 radical (unpaired) electrons. The normalized spacial score (nSPS) is 23.9. The van der Waals surface area contributed by atoms with Crippen molar-refractivity contribution in [1.82, 2.24) is 14.5 Å². The smallest absolute Gasteiger partial charge is 0.411 e. The van der Waals surface area contributed by atoms with E-state index >= 15 is 0 Å². The predicted molar refractivity (Wildman–Crippen MR) is 77.6 cm³/mol. The van der Waals surface area contributed by atoms with Crippen LogP contribution in [-0.4, -0.2) is 43.3 Å². The molecule has 120 valence electrons. The van der Waals surface area contributed by atoms with Crippen LogP contribution in [0.1, 0.15) is 62.4 Å². The molecule has 1 aliphatic carbocycles. The zero-order valence-electron chi connectivity index (χ0n) is 13.1. The fourth-order valence-corrected chi connectivity index (χ4v) is 3.42. The molecule has 7 heteroatoms. The largest absolute Gasteiger partial charge is 0.477 e. The van der Waals surface area contributed by atoms with Crippen LogP contribution in [0.25, 0.3) is 0 Å². The van der Waals surface area contributed by atoms with Gasteiger partial charge in [0.2, 0.25) is 0 Å². The molecule has 2 heterocycles. The first-order chi connectivity index (χ1) is 10.3. The lowest BCUT2D eigenvalue weighted by molar-refractivity contribution is 0.00405. The number of fused-ring (bicyclic) bond motifs is 3. The molecule has 7 nitrogen and oxygen atoms in total. The number of rotatable bonds is 1. The number of hydrogen-bond acceptors (Lipinski definition) is 4. The van der Waals surface area contributed by atoms with Crippen LogP contribution in [0, 0.1) is 0 Å². The second-order valence-corrected chi connectivity index (χ2v) is 6.91. The molecule has 2 atom stereocenters. The number of nitrogens with zero attached hydrogens (tertiary/aromatic N) is 3. The topological polar surface area (TPSA) is 84.7 Å². The van der Waals surface area contributed by atoms with Crippen LogP contribution in [0.5, 0.6) is 0 Å². The van der Waals surface area contributed by atoms with Gasteiger partial charge in [-0.2, -0.15) is 0 Å². The summed E-state index contributed by atoms with van der Waals surface area (Å²) in [4.78, 5) is 29.7. The Morgan fingerprint density at radius 1 is 1.32 bits per heavy atom. The van der Waals surface area contributed by atoms with Crippen molar-refractivity contribution in [1.29, 1.82) is 0 Å². The molecule has 1 aromatic rings. The zero-order chi connectivity index (χ0) is 16.1. The Morgan fingerprint density at radius 2 is 2.00 bits per heavy atom. The van der Waals surface area contributed by atoms with Gasteiger partial charge in [-0.3, -0.25) is 4.90 Å². The van der Waals surface area contributed by atoms with E-state index in [1.165, 1.54) is 6.20 Å². The summed E-state index contributed by atoms with van der Waals surface area (Å²) in [6, 6.07) is -0.0421. The Bertz CT molecular complexity index is 617. The number of ether oxygens (including phenoxy) is 1. The third-order valence-electron chi connectivity index (χ3n) is 4.21. The summed E-state index contributed by atoms with van der Waals surface area (Å²) in [5.41, 5.74) is -0.347. The van der Waals surface area contributed by atoms with Crippen molar-refractivity contribution in [2.24, 2.45) is 0 Å². The molecular weight excluding hydrogens is 286 g/mol. The van der Waals surface area contributed by atoms with E-state index in [0.29, 0.717) is 12.4 Å². The van der Waals surface area contributed by atoms with Crippen LogP contribution in [0.4, 0.5) is 4.79 Å². The zero-order valence-corrected chi connectivity index (χ0v) is 13.1. The van der Waals surface area contributed by atoms with Crippen LogP contribution in [0.3, 0.4) is 0 Å². The lowest BCUT2D eigenvalue weighted by Gasteiger charge is -2.39. The standard InChI is InChI=1S/C15H21N3O4/c1-15(2,3)22-14(21)17-8-12-16-7-11(13(19)20)18(12)10-6-4-5-9(10)17/h7,9-10H,4-6,8H2,1-3H3,(H,19,20). The molecule has 1 aromatic heterocycles. The number of carbonyl (C=O) groups is 2. The lowest BCUT2D eigenvalue weighted by atomic mass is 10.1. The van der Waals surface area contributed by atoms with Gasteiger partial charge in [0.25, 0.3) is 0 Å². The molecule has 1 aliphatic heterocycles. The van der Waals surface area contributed by atoms with Gasteiger partial charge in [0.15, 0.2) is 0 Å². The van der Waals surface area contributed by atoms with Crippen molar-refractivity contribution in [3.8, 4) is 0 Å². The first-order valence-electron chi connectivity index (χ1n) is 7.57. The number of hydrogen-bond donors (Lipinski definition) is 1. The summed E-state index contributed by atoms with van der Waals surface area (Å²) in [5, 5.41) is 9.31. The number of amides is 1. The van der Waals surface area contributed by atoms with Crippen molar-refractivity contribution >= 4 is 12.1 Å². The minimum Gasteiger partial charge on any atom is -0.477 e. The predicted octanol–water partition coefficient (Wildman–Crippen LogP) is 2.43. The SMILES string of the molecule is CC(C)(C)OC(=O)N1Cc2ncc(C(=O)O)n2C2CCCC21. The fourth-order valence-electron chi connectivity index (χ4n) is 3.42. The Kier molecular flexibility index (Phi) is 3.38. The molecule has 22 heavy (non-hydrogen) atoms. The molecule has 2 aliphatic rings. The summed E-state index contributed by atoms with van der Waals surface area (Å²) in [6.07, 6.45) is 3.71. The van der Waals surface area contributed by atoms with Gasteiger partial charge in [-0.1, -0.05) is 0 Å². The summed E-state index contributed by atoms with van der Waals surface area (Å²) < 4.78 is 7.28. The van der Waals surface area contributed by atoms with Crippen LogP contribution in [0.2, 0.25) is 0 Å². The maximum atomic E-state index is 12.5. The van der Waals surface area contributed by atoms with Gasteiger partial charge in [0.05, 0.1) is 24.8 Å². The van der Waals surface area contributed by atoms with E-state index in [0.717, 1.165) is 19.3 Å². The second kappa shape index (κ2) is 5.00. The third-order valence-corrected chi connectivity index (χ3v) is 4.21. The molecule has 2 unspecified atom stereocenters. The van der Waals surface area contributed by atoms with E-state index in [-0.39, 0.29) is 23.9 Å². The number of carbonyl (C=O) groups excluding carboxylic acids is 1. The lowest BCUT2D eigenvalue weighted by Crippen LogP contribution is -2.49. The van der Waals surface area contributed by atoms with E-state index in [1.54, 1.807) is 9.47 Å². The first kappa shape index (κ1) is 14.9. The van der Waals surface area contributed by atoms with Crippen molar-refractivity contribution in [3.63, 3.8) is 0 Å². The second-order valence-electron chi connectivity index (χ2n) is 6.91. The molecular formula is C15H21N3O4. The Morgan fingerprint density at radius 3 is 2.64 bits per heavy atom. The van der Waals surface area contributed by atoms with Crippen molar-refractivity contribution in [2.75, 3.05) is 0 Å². The quantitative estimate of drug-likeness (QED) is 0.861. The monoisotopic (exact) mass is 307 g/mol. The maximum absolute atomic E-state index is 12.5. The van der Waals surface area contributed by atoms with Crippen LogP contribution in [0.15, 0.2) is 6.20 Å². The van der Waals surface area contributed by atoms with E-state index in [4.69, 9.17) is 4.74 Å². The summed E-state index contributed by atoms with van der Waals surface area (Å²) in [5.74, 6) is -0.360. The van der Waals surface area contributed by atoms with Crippen molar-refractivity contribution in [3.05, 3.63) is 17.7 Å². The van der Waals surface area contributed by atoms with Gasteiger partial charge in [0.1, 0.15) is 17.1 Å². The minimum absolute atomic E-state index is 0.0188. The van der Waals surface area contributed by atoms with E-state index in [2.05, 4.69) is 4.98 Å². The molecule has 0 saturated heterocycles.